The number of aliphatic hydroxyl groups excluding tert-OH is 2. The van der Waals surface area contributed by atoms with E-state index in [2.05, 4.69) is 74.6 Å². The molecule has 0 aliphatic heterocycles. The van der Waals surface area contributed by atoms with Gasteiger partial charge in [0, 0.05) is 25.2 Å². The van der Waals surface area contributed by atoms with E-state index in [0.717, 1.165) is 89.9 Å². The van der Waals surface area contributed by atoms with E-state index in [9.17, 15) is 34.1 Å². The molecule has 63 heavy (non-hydrogen) atoms. The molecule has 2 N–H and O–H groups in total. The van der Waals surface area contributed by atoms with Crippen molar-refractivity contribution in [1.29, 1.82) is 0 Å². The van der Waals surface area contributed by atoms with Gasteiger partial charge in [-0.05, 0) is 76.5 Å². The lowest BCUT2D eigenvalue weighted by molar-refractivity contribution is -0.870. The molecule has 0 aromatic carbocycles. The summed E-state index contributed by atoms with van der Waals surface area (Å²) in [6.07, 6.45) is 38.3. The van der Waals surface area contributed by atoms with E-state index in [1.807, 2.05) is 21.1 Å². The number of carbonyl (C=O) groups excluding carboxylic acids is 3. The predicted molar refractivity (Wildman–Crippen MR) is 250 cm³/mol. The van der Waals surface area contributed by atoms with Crippen LogP contribution in [0, 0.1) is 11.8 Å². The molecule has 0 saturated heterocycles. The standard InChI is InChI=1S/C50H84NO11P/c1-6-8-10-11-12-13-14-15-16-17-18-19-20-21-22-23-24-25-31-35-50(56)62-44(42-61-63(57,58)60-39-38-51(3,4)5)41-59-49(55)34-30-27-26-29-33-45-46(48(54)40-47(45)53)37-36-43(52)32-28-9-7-2/h8,10,12-13,15-16,18-19,21-22,36-37,43-47,52-53H,6-7,9,11,14,17,20,23-35,38-42H2,1-5H3/b10-8-,13-12-,16-15-,19-18-,22-21-,37-36+/t43-,44+,45+,46+,47-/m0/s1. The van der Waals surface area contributed by atoms with Crippen molar-refractivity contribution in [3.63, 3.8) is 0 Å². The fourth-order valence-electron chi connectivity index (χ4n) is 6.88. The largest absolute Gasteiger partial charge is 0.756 e. The second-order valence-corrected chi connectivity index (χ2v) is 18.9. The first-order valence-corrected chi connectivity index (χ1v) is 25.2. The smallest absolute Gasteiger partial charge is 0.306 e. The van der Waals surface area contributed by atoms with Crippen LogP contribution in [0.15, 0.2) is 72.9 Å². The summed E-state index contributed by atoms with van der Waals surface area (Å²) in [4.78, 5) is 50.4. The third-order valence-corrected chi connectivity index (χ3v) is 11.6. The molecule has 1 saturated carbocycles. The summed E-state index contributed by atoms with van der Waals surface area (Å²) in [7, 11) is 0.999. The number of Topliss-reactive ketones (excluding diaryl/α,β-unsaturated/α-hetero) is 1. The number of ketones is 1. The molecule has 0 radical (unpaired) electrons. The summed E-state index contributed by atoms with van der Waals surface area (Å²) in [5.41, 5.74) is 0. The maximum Gasteiger partial charge on any atom is 0.306 e. The minimum Gasteiger partial charge on any atom is -0.756 e. The number of phosphoric acid groups is 1. The number of aliphatic hydroxyl groups is 2. The summed E-state index contributed by atoms with van der Waals surface area (Å²) in [6.45, 7) is 3.69. The molecule has 1 fully saturated rings. The van der Waals surface area contributed by atoms with Gasteiger partial charge in [-0.1, -0.05) is 132 Å². The van der Waals surface area contributed by atoms with Crippen molar-refractivity contribution in [3.05, 3.63) is 72.9 Å². The van der Waals surface area contributed by atoms with Crippen molar-refractivity contribution in [2.45, 2.75) is 167 Å². The average Bonchev–Trinajstić information content (AvgIpc) is 3.50. The van der Waals surface area contributed by atoms with E-state index in [1.165, 1.54) is 0 Å². The minimum atomic E-state index is -4.70. The van der Waals surface area contributed by atoms with E-state index in [4.69, 9.17) is 18.5 Å². The van der Waals surface area contributed by atoms with Gasteiger partial charge < -0.3 is 38.1 Å². The molecule has 0 bridgehead atoms. The van der Waals surface area contributed by atoms with Gasteiger partial charge in [-0.3, -0.25) is 18.9 Å². The normalized spacial score (nSPS) is 19.4. The molecule has 1 unspecified atom stereocenters. The Balaban J connectivity index is 2.47. The number of nitrogens with zero attached hydrogens (tertiary/aromatic N) is 1. The number of allylic oxidation sites excluding steroid dienone is 11. The second-order valence-electron chi connectivity index (χ2n) is 17.5. The van der Waals surface area contributed by atoms with Crippen molar-refractivity contribution in [2.75, 3.05) is 47.5 Å². The van der Waals surface area contributed by atoms with Crippen molar-refractivity contribution in [3.8, 4) is 0 Å². The maximum atomic E-state index is 12.7. The highest BCUT2D eigenvalue weighted by molar-refractivity contribution is 7.45. The molecule has 13 heteroatoms. The zero-order valence-electron chi connectivity index (χ0n) is 39.5. The Morgan fingerprint density at radius 3 is 1.98 bits per heavy atom. The van der Waals surface area contributed by atoms with Gasteiger partial charge in [0.15, 0.2) is 6.10 Å². The van der Waals surface area contributed by atoms with E-state index < -0.39 is 50.6 Å². The van der Waals surface area contributed by atoms with E-state index in [0.29, 0.717) is 36.7 Å². The molecule has 1 rings (SSSR count). The Bertz CT molecular complexity index is 1460. The maximum absolute atomic E-state index is 12.7. The van der Waals surface area contributed by atoms with E-state index >= 15 is 0 Å². The Morgan fingerprint density at radius 2 is 1.37 bits per heavy atom. The van der Waals surface area contributed by atoms with Crippen LogP contribution in [0.3, 0.4) is 0 Å². The first-order valence-electron chi connectivity index (χ1n) is 23.7. The van der Waals surface area contributed by atoms with Crippen LogP contribution < -0.4 is 4.89 Å². The summed E-state index contributed by atoms with van der Waals surface area (Å²) in [6, 6.07) is 0. The van der Waals surface area contributed by atoms with Crippen LogP contribution in [-0.4, -0.2) is 98.2 Å². The number of phosphoric ester groups is 1. The molecule has 1 aliphatic rings. The Morgan fingerprint density at radius 1 is 0.778 bits per heavy atom. The van der Waals surface area contributed by atoms with Gasteiger partial charge in [-0.25, -0.2) is 0 Å². The molecule has 0 aromatic rings. The number of esters is 2. The molecule has 0 spiro atoms. The Kier molecular flexibility index (Phi) is 33.4. The van der Waals surface area contributed by atoms with Gasteiger partial charge in [-0.15, -0.1) is 0 Å². The summed E-state index contributed by atoms with van der Waals surface area (Å²) in [5.74, 6) is -1.62. The SMILES string of the molecule is CC/C=C\C/C=C\C/C=C\C/C=C\C/C=C\CCCCCC(=O)O[C@H](COC(=O)CCCCCC[C@H]1[C@@H](O)CC(=O)[C@@H]1/C=C/[C@@H](O)CCCCC)COP(=O)([O-])OCC[N+](C)(C)C. The lowest BCUT2D eigenvalue weighted by Crippen LogP contribution is -2.37. The van der Waals surface area contributed by atoms with Crippen LogP contribution >= 0.6 is 7.82 Å². The predicted octanol–water partition coefficient (Wildman–Crippen LogP) is 9.76. The van der Waals surface area contributed by atoms with Crippen LogP contribution in [0.2, 0.25) is 0 Å². The number of rotatable bonds is 38. The third-order valence-electron chi connectivity index (χ3n) is 10.6. The first kappa shape index (κ1) is 58.1. The minimum absolute atomic E-state index is 0.000126. The number of ether oxygens (including phenoxy) is 2. The van der Waals surface area contributed by atoms with Crippen LogP contribution in [0.5, 0.6) is 0 Å². The van der Waals surface area contributed by atoms with Crippen molar-refractivity contribution < 1.29 is 57.1 Å². The molecule has 6 atom stereocenters. The number of likely N-dealkylation sites (N-methyl/N-ethyl adjacent to an activating group) is 1. The lowest BCUT2D eigenvalue weighted by Gasteiger charge is -2.28. The van der Waals surface area contributed by atoms with Crippen LogP contribution in [-0.2, 0) is 37.5 Å². The monoisotopic (exact) mass is 906 g/mol. The van der Waals surface area contributed by atoms with E-state index in [1.54, 1.807) is 12.2 Å². The Hall–Kier alpha value is -2.96. The number of carbonyl (C=O) groups is 3. The van der Waals surface area contributed by atoms with Crippen LogP contribution in [0.4, 0.5) is 0 Å². The summed E-state index contributed by atoms with van der Waals surface area (Å²) < 4.78 is 33.9. The molecule has 360 valence electrons. The highest BCUT2D eigenvalue weighted by Crippen LogP contribution is 2.38. The number of unbranched alkanes of at least 4 members (excludes halogenated alkanes) is 8. The number of hydrogen-bond acceptors (Lipinski definition) is 11. The zero-order valence-corrected chi connectivity index (χ0v) is 40.4. The van der Waals surface area contributed by atoms with Gasteiger partial charge in [0.2, 0.25) is 0 Å². The quantitative estimate of drug-likeness (QED) is 0.0199. The third kappa shape index (κ3) is 33.2. The van der Waals surface area contributed by atoms with Crippen LogP contribution in [0.25, 0.3) is 0 Å². The molecule has 1 aliphatic carbocycles. The van der Waals surface area contributed by atoms with Gasteiger partial charge in [0.1, 0.15) is 25.5 Å². The molecular weight excluding hydrogens is 822 g/mol. The topological polar surface area (TPSA) is 169 Å². The fraction of sp³-hybridized carbons (Fsp3) is 0.700. The number of quaternary nitrogens is 1. The van der Waals surface area contributed by atoms with Gasteiger partial charge >= 0.3 is 11.9 Å². The molecule has 0 aromatic heterocycles. The second kappa shape index (κ2) is 36.3. The summed E-state index contributed by atoms with van der Waals surface area (Å²) in [5, 5.41) is 20.8. The average molecular weight is 906 g/mol. The summed E-state index contributed by atoms with van der Waals surface area (Å²) >= 11 is 0. The Labute approximate surface area is 380 Å². The van der Waals surface area contributed by atoms with Crippen molar-refractivity contribution >= 4 is 25.5 Å². The van der Waals surface area contributed by atoms with Gasteiger partial charge in [0.25, 0.3) is 7.82 Å². The van der Waals surface area contributed by atoms with Crippen LogP contribution in [0.1, 0.15) is 149 Å². The highest BCUT2D eigenvalue weighted by atomic mass is 31.2. The highest BCUT2D eigenvalue weighted by Gasteiger charge is 2.39. The van der Waals surface area contributed by atoms with Gasteiger partial charge in [0.05, 0.1) is 40.0 Å². The van der Waals surface area contributed by atoms with E-state index in [-0.39, 0.29) is 44.2 Å². The molecular formula is C50H84NO11P. The molecule has 0 amide bonds. The zero-order chi connectivity index (χ0) is 46.6. The lowest BCUT2D eigenvalue weighted by atomic mass is 9.88. The molecule has 0 heterocycles. The van der Waals surface area contributed by atoms with Gasteiger partial charge in [-0.2, -0.15) is 0 Å². The molecule has 12 nitrogen and oxygen atoms in total. The fourth-order valence-corrected chi connectivity index (χ4v) is 7.61. The number of hydrogen-bond donors (Lipinski definition) is 2. The van der Waals surface area contributed by atoms with Crippen molar-refractivity contribution in [1.82, 2.24) is 0 Å². The first-order chi connectivity index (χ1) is 30.2. The van der Waals surface area contributed by atoms with Crippen molar-refractivity contribution in [2.24, 2.45) is 11.8 Å².